The van der Waals surface area contributed by atoms with Crippen LogP contribution in [0.4, 0.5) is 5.69 Å². The molecule has 34 heavy (non-hydrogen) atoms. The van der Waals surface area contributed by atoms with Gasteiger partial charge in [-0.05, 0) is 62.9 Å². The molecular formula is C27H25ClN4O2. The zero-order valence-corrected chi connectivity index (χ0v) is 19.8. The lowest BCUT2D eigenvalue weighted by molar-refractivity contribution is 0.0991. The Kier molecular flexibility index (Phi) is 5.41. The van der Waals surface area contributed by atoms with Gasteiger partial charge in [0.05, 0.1) is 21.8 Å². The molecule has 0 fully saturated rings. The molecule has 1 atom stereocenters. The number of anilines is 1. The van der Waals surface area contributed by atoms with Crippen molar-refractivity contribution < 1.29 is 9.59 Å². The number of nitrogens with two attached hydrogens (primary N) is 1. The molecule has 1 aromatic heterocycles. The van der Waals surface area contributed by atoms with E-state index in [1.165, 1.54) is 5.57 Å². The number of rotatable bonds is 4. The number of carbonyl (C=O) groups excluding carboxylic acids is 2. The first-order valence-corrected chi connectivity index (χ1v) is 11.6. The zero-order valence-electron chi connectivity index (χ0n) is 19.1. The van der Waals surface area contributed by atoms with Gasteiger partial charge in [-0.25, -0.2) is 0 Å². The number of nitrogens with one attached hydrogen (secondary N) is 1. The lowest BCUT2D eigenvalue weighted by atomic mass is 9.86. The summed E-state index contributed by atoms with van der Waals surface area (Å²) in [6, 6.07) is 12.8. The number of allylic oxidation sites excluding steroid dienone is 4. The molecule has 2 aromatic carbocycles. The maximum Gasteiger partial charge on any atom is 0.269 e. The monoisotopic (exact) mass is 472 g/mol. The Bertz CT molecular complexity index is 1400. The molecule has 1 heterocycles. The minimum Gasteiger partial charge on any atom is -0.364 e. The average Bonchev–Trinajstić information content (AvgIpc) is 3.23. The van der Waals surface area contributed by atoms with Crippen LogP contribution in [0.1, 0.15) is 52.2 Å². The molecule has 0 radical (unpaired) electrons. The van der Waals surface area contributed by atoms with Crippen LogP contribution in [0.25, 0.3) is 11.3 Å². The summed E-state index contributed by atoms with van der Waals surface area (Å²) in [5, 5.41) is 8.07. The van der Waals surface area contributed by atoms with Crippen molar-refractivity contribution in [3.05, 3.63) is 93.7 Å². The molecular weight excluding hydrogens is 448 g/mol. The van der Waals surface area contributed by atoms with Crippen molar-refractivity contribution >= 4 is 29.1 Å². The summed E-state index contributed by atoms with van der Waals surface area (Å²) in [6.45, 7) is 4.16. The molecule has 172 valence electrons. The summed E-state index contributed by atoms with van der Waals surface area (Å²) in [7, 11) is 0. The molecule has 1 unspecified atom stereocenters. The van der Waals surface area contributed by atoms with Gasteiger partial charge in [0.25, 0.3) is 11.8 Å². The van der Waals surface area contributed by atoms with Gasteiger partial charge < -0.3 is 11.1 Å². The standard InChI is InChI=1S/C27H25ClN4O2/c1-16-11-13-27(2,14-12-16)32-24-20(23(31-32)25(29)33)10-8-17-7-9-18(15-21(17)24)30-26(34)19-5-3-4-6-22(19)28/h3-7,9,11-13,15H,8,10,14H2,1-2H3,(H2,29,33)(H,30,34). The quantitative estimate of drug-likeness (QED) is 0.541. The van der Waals surface area contributed by atoms with Crippen LogP contribution < -0.4 is 11.1 Å². The smallest absolute Gasteiger partial charge is 0.269 e. The van der Waals surface area contributed by atoms with Gasteiger partial charge in [-0.3, -0.25) is 14.3 Å². The molecule has 2 amide bonds. The number of primary amides is 1. The Morgan fingerprint density at radius 3 is 2.68 bits per heavy atom. The lowest BCUT2D eigenvalue weighted by Gasteiger charge is -2.32. The highest BCUT2D eigenvalue weighted by Crippen LogP contribution is 2.41. The van der Waals surface area contributed by atoms with Crippen LogP contribution in [-0.4, -0.2) is 21.6 Å². The average molecular weight is 473 g/mol. The van der Waals surface area contributed by atoms with Crippen LogP contribution in [0.5, 0.6) is 0 Å². The number of aromatic nitrogens is 2. The third kappa shape index (κ3) is 3.74. The molecule has 0 aliphatic heterocycles. The second-order valence-electron chi connectivity index (χ2n) is 9.10. The first-order valence-electron chi connectivity index (χ1n) is 11.2. The molecule has 0 bridgehead atoms. The topological polar surface area (TPSA) is 90.0 Å². The van der Waals surface area contributed by atoms with Crippen molar-refractivity contribution in [3.63, 3.8) is 0 Å². The molecule has 3 aromatic rings. The number of fused-ring (bicyclic) bond motifs is 3. The molecule has 6 nitrogen and oxygen atoms in total. The van der Waals surface area contributed by atoms with Crippen LogP contribution in [0.15, 0.2) is 66.3 Å². The molecule has 5 rings (SSSR count). The van der Waals surface area contributed by atoms with Crippen molar-refractivity contribution in [2.24, 2.45) is 5.73 Å². The van der Waals surface area contributed by atoms with E-state index in [2.05, 4.69) is 37.4 Å². The molecule has 0 saturated carbocycles. The fourth-order valence-electron chi connectivity index (χ4n) is 4.70. The van der Waals surface area contributed by atoms with Crippen LogP contribution in [0.3, 0.4) is 0 Å². The van der Waals surface area contributed by atoms with Crippen molar-refractivity contribution in [1.29, 1.82) is 0 Å². The molecule has 0 spiro atoms. The third-order valence-corrected chi connectivity index (χ3v) is 6.96. The van der Waals surface area contributed by atoms with Gasteiger partial charge in [-0.2, -0.15) is 5.10 Å². The van der Waals surface area contributed by atoms with E-state index >= 15 is 0 Å². The number of amides is 2. The van der Waals surface area contributed by atoms with Gasteiger partial charge in [-0.1, -0.05) is 53.6 Å². The Labute approximate surface area is 203 Å². The predicted molar refractivity (Wildman–Crippen MR) is 134 cm³/mol. The van der Waals surface area contributed by atoms with Gasteiger partial charge >= 0.3 is 0 Å². The Morgan fingerprint density at radius 1 is 1.18 bits per heavy atom. The number of aryl methyl sites for hydroxylation is 1. The fraction of sp³-hybridized carbons (Fsp3) is 0.222. The van der Waals surface area contributed by atoms with Crippen molar-refractivity contribution in [3.8, 4) is 11.3 Å². The van der Waals surface area contributed by atoms with Crippen LogP contribution in [0.2, 0.25) is 5.02 Å². The Morgan fingerprint density at radius 2 is 1.97 bits per heavy atom. The summed E-state index contributed by atoms with van der Waals surface area (Å²) in [6.07, 6.45) is 8.56. The van der Waals surface area contributed by atoms with E-state index in [9.17, 15) is 9.59 Å². The van der Waals surface area contributed by atoms with Gasteiger partial charge in [0.15, 0.2) is 5.69 Å². The fourth-order valence-corrected chi connectivity index (χ4v) is 4.92. The number of carbonyl (C=O) groups is 2. The SMILES string of the molecule is CC1=CCC(C)(n2nc(C(N)=O)c3c2-c2cc(NC(=O)c4ccccc4Cl)ccc2CC3)C=C1. The van der Waals surface area contributed by atoms with Crippen LogP contribution >= 0.6 is 11.6 Å². The van der Waals surface area contributed by atoms with Gasteiger partial charge in [0.1, 0.15) is 0 Å². The van der Waals surface area contributed by atoms with E-state index in [1.807, 2.05) is 22.9 Å². The van der Waals surface area contributed by atoms with E-state index < -0.39 is 11.4 Å². The predicted octanol–water partition coefficient (Wildman–Crippen LogP) is 5.27. The Balaban J connectivity index is 1.60. The lowest BCUT2D eigenvalue weighted by Crippen LogP contribution is -2.31. The first-order chi connectivity index (χ1) is 16.3. The second kappa shape index (κ2) is 8.29. The highest BCUT2D eigenvalue weighted by molar-refractivity contribution is 6.34. The Hall–Kier alpha value is -3.64. The molecule has 7 heteroatoms. The summed E-state index contributed by atoms with van der Waals surface area (Å²) in [5.41, 5.74) is 11.7. The van der Waals surface area contributed by atoms with E-state index in [0.717, 1.165) is 35.2 Å². The summed E-state index contributed by atoms with van der Waals surface area (Å²) >= 11 is 6.21. The van der Waals surface area contributed by atoms with Crippen LogP contribution in [-0.2, 0) is 18.4 Å². The van der Waals surface area contributed by atoms with Crippen molar-refractivity contribution in [2.45, 2.75) is 38.6 Å². The number of benzene rings is 2. The number of hydrogen-bond acceptors (Lipinski definition) is 3. The van der Waals surface area contributed by atoms with E-state index in [0.29, 0.717) is 28.4 Å². The van der Waals surface area contributed by atoms with E-state index in [1.54, 1.807) is 24.3 Å². The van der Waals surface area contributed by atoms with Crippen LogP contribution in [0, 0.1) is 0 Å². The maximum absolute atomic E-state index is 12.8. The number of hydrogen-bond donors (Lipinski definition) is 2. The van der Waals surface area contributed by atoms with Gasteiger partial charge in [-0.15, -0.1) is 0 Å². The molecule has 0 saturated heterocycles. The van der Waals surface area contributed by atoms with E-state index in [4.69, 9.17) is 22.4 Å². The van der Waals surface area contributed by atoms with Gasteiger partial charge in [0, 0.05) is 16.8 Å². The van der Waals surface area contributed by atoms with Gasteiger partial charge in [0.2, 0.25) is 0 Å². The minimum absolute atomic E-state index is 0.282. The first kappa shape index (κ1) is 22.2. The summed E-state index contributed by atoms with van der Waals surface area (Å²) < 4.78 is 1.93. The minimum atomic E-state index is -0.531. The highest BCUT2D eigenvalue weighted by atomic mass is 35.5. The molecule has 2 aliphatic rings. The molecule has 2 aliphatic carbocycles. The number of halogens is 1. The maximum atomic E-state index is 12.8. The largest absolute Gasteiger partial charge is 0.364 e. The summed E-state index contributed by atoms with van der Waals surface area (Å²) in [5.74, 6) is -0.813. The third-order valence-electron chi connectivity index (χ3n) is 6.63. The summed E-state index contributed by atoms with van der Waals surface area (Å²) in [4.78, 5) is 25.1. The second-order valence-corrected chi connectivity index (χ2v) is 9.51. The number of nitrogens with zero attached hydrogens (tertiary/aromatic N) is 2. The van der Waals surface area contributed by atoms with E-state index in [-0.39, 0.29) is 5.91 Å². The molecule has 3 N–H and O–H groups in total. The van der Waals surface area contributed by atoms with Crippen molar-refractivity contribution in [1.82, 2.24) is 9.78 Å². The van der Waals surface area contributed by atoms with Crippen molar-refractivity contribution in [2.75, 3.05) is 5.32 Å². The highest BCUT2D eigenvalue weighted by Gasteiger charge is 2.35. The zero-order chi connectivity index (χ0) is 24.0. The normalized spacial score (nSPS) is 18.6.